The number of rotatable bonds is 7. The standard InChI is InChI=1S/C19H23NO6/c1-5-6-14(18(22)23)20-16(21)9-25-15-8-7-13-10(2)11(3)19(24)26-17(13)12(15)4/h7-8,14H,5-6,9H2,1-4H3,(H,20,21)(H,22,23)/t14-/m0/s1. The predicted octanol–water partition coefficient (Wildman–Crippen LogP) is 2.47. The lowest BCUT2D eigenvalue weighted by Crippen LogP contribution is -2.42. The lowest BCUT2D eigenvalue weighted by Gasteiger charge is -2.15. The number of carbonyl (C=O) groups excluding carboxylic acids is 1. The first kappa shape index (κ1) is 19.5. The molecule has 0 saturated carbocycles. The van der Waals surface area contributed by atoms with Crippen molar-refractivity contribution in [3.05, 3.63) is 39.2 Å². The fourth-order valence-corrected chi connectivity index (χ4v) is 2.71. The van der Waals surface area contributed by atoms with E-state index < -0.39 is 23.5 Å². The fraction of sp³-hybridized carbons (Fsp3) is 0.421. The van der Waals surface area contributed by atoms with E-state index >= 15 is 0 Å². The summed E-state index contributed by atoms with van der Waals surface area (Å²) in [6.45, 7) is 6.81. The summed E-state index contributed by atoms with van der Waals surface area (Å²) in [5.41, 5.74) is 2.02. The molecular weight excluding hydrogens is 338 g/mol. The maximum absolute atomic E-state index is 12.0. The van der Waals surface area contributed by atoms with Crippen molar-refractivity contribution in [3.63, 3.8) is 0 Å². The highest BCUT2D eigenvalue weighted by Gasteiger charge is 2.19. The number of carbonyl (C=O) groups is 2. The third-order valence-electron chi connectivity index (χ3n) is 4.39. The van der Waals surface area contributed by atoms with Gasteiger partial charge in [0.1, 0.15) is 17.4 Å². The van der Waals surface area contributed by atoms with Gasteiger partial charge >= 0.3 is 11.6 Å². The molecule has 0 radical (unpaired) electrons. The molecule has 0 spiro atoms. The van der Waals surface area contributed by atoms with Crippen molar-refractivity contribution in [2.75, 3.05) is 6.61 Å². The second-order valence-corrected chi connectivity index (χ2v) is 6.24. The Morgan fingerprint density at radius 3 is 2.50 bits per heavy atom. The van der Waals surface area contributed by atoms with E-state index in [0.29, 0.717) is 35.3 Å². The quantitative estimate of drug-likeness (QED) is 0.734. The maximum Gasteiger partial charge on any atom is 0.339 e. The minimum Gasteiger partial charge on any atom is -0.483 e. The number of carboxylic acids is 1. The molecule has 2 aromatic rings. The maximum atomic E-state index is 12.0. The Labute approximate surface area is 151 Å². The van der Waals surface area contributed by atoms with Gasteiger partial charge in [0.05, 0.1) is 0 Å². The van der Waals surface area contributed by atoms with Crippen molar-refractivity contribution in [2.45, 2.75) is 46.6 Å². The molecule has 1 heterocycles. The second kappa shape index (κ2) is 8.03. The number of aryl methyl sites for hydroxylation is 2. The topological polar surface area (TPSA) is 106 Å². The van der Waals surface area contributed by atoms with E-state index in [2.05, 4.69) is 5.32 Å². The van der Waals surface area contributed by atoms with E-state index in [1.807, 2.05) is 13.8 Å². The van der Waals surface area contributed by atoms with E-state index in [-0.39, 0.29) is 6.61 Å². The van der Waals surface area contributed by atoms with E-state index in [1.54, 1.807) is 26.0 Å². The molecule has 0 bridgehead atoms. The van der Waals surface area contributed by atoms with Crippen molar-refractivity contribution in [1.82, 2.24) is 5.32 Å². The fourth-order valence-electron chi connectivity index (χ4n) is 2.71. The first-order valence-corrected chi connectivity index (χ1v) is 8.44. The number of amides is 1. The van der Waals surface area contributed by atoms with Crippen LogP contribution in [0.3, 0.4) is 0 Å². The zero-order valence-electron chi connectivity index (χ0n) is 15.3. The number of ether oxygens (including phenoxy) is 1. The van der Waals surface area contributed by atoms with Gasteiger partial charge in [-0.1, -0.05) is 13.3 Å². The van der Waals surface area contributed by atoms with Gasteiger partial charge in [-0.2, -0.15) is 0 Å². The van der Waals surface area contributed by atoms with Gasteiger partial charge in [-0.15, -0.1) is 0 Å². The van der Waals surface area contributed by atoms with Crippen LogP contribution in [0.25, 0.3) is 11.0 Å². The van der Waals surface area contributed by atoms with Crippen LogP contribution >= 0.6 is 0 Å². The normalized spacial score (nSPS) is 12.0. The number of fused-ring (bicyclic) bond motifs is 1. The molecule has 7 heteroatoms. The number of nitrogens with one attached hydrogen (secondary N) is 1. The largest absolute Gasteiger partial charge is 0.483 e. The van der Waals surface area contributed by atoms with Crippen molar-refractivity contribution in [3.8, 4) is 5.75 Å². The Hall–Kier alpha value is -2.83. The highest BCUT2D eigenvalue weighted by Crippen LogP contribution is 2.29. The van der Waals surface area contributed by atoms with Crippen LogP contribution in [0.1, 0.15) is 36.5 Å². The van der Waals surface area contributed by atoms with Crippen LogP contribution < -0.4 is 15.7 Å². The van der Waals surface area contributed by atoms with Crippen LogP contribution in [0.15, 0.2) is 21.3 Å². The Kier molecular flexibility index (Phi) is 6.02. The molecule has 1 aromatic carbocycles. The van der Waals surface area contributed by atoms with Gasteiger partial charge in [0.15, 0.2) is 6.61 Å². The number of hydrogen-bond acceptors (Lipinski definition) is 5. The molecule has 0 saturated heterocycles. The summed E-state index contributed by atoms with van der Waals surface area (Å²) in [4.78, 5) is 35.0. The monoisotopic (exact) mass is 361 g/mol. The average molecular weight is 361 g/mol. The van der Waals surface area contributed by atoms with Gasteiger partial charge < -0.3 is 19.6 Å². The molecule has 0 unspecified atom stereocenters. The SMILES string of the molecule is CCC[C@H](NC(=O)COc1ccc2c(C)c(C)c(=O)oc2c1C)C(=O)O. The van der Waals surface area contributed by atoms with Crippen molar-refractivity contribution in [1.29, 1.82) is 0 Å². The Morgan fingerprint density at radius 2 is 1.88 bits per heavy atom. The number of benzene rings is 1. The lowest BCUT2D eigenvalue weighted by atomic mass is 10.0. The summed E-state index contributed by atoms with van der Waals surface area (Å²) in [5.74, 6) is -1.19. The first-order valence-electron chi connectivity index (χ1n) is 8.44. The minimum absolute atomic E-state index is 0.324. The second-order valence-electron chi connectivity index (χ2n) is 6.24. The number of carboxylic acid groups (broad SMARTS) is 1. The van der Waals surface area contributed by atoms with Crippen molar-refractivity contribution in [2.24, 2.45) is 0 Å². The third kappa shape index (κ3) is 4.04. The van der Waals surface area contributed by atoms with E-state index in [1.165, 1.54) is 0 Å². The van der Waals surface area contributed by atoms with E-state index in [4.69, 9.17) is 14.3 Å². The summed E-state index contributed by atoms with van der Waals surface area (Å²) in [7, 11) is 0. The van der Waals surface area contributed by atoms with Crippen LogP contribution in [0.2, 0.25) is 0 Å². The molecule has 1 aromatic heterocycles. The zero-order valence-corrected chi connectivity index (χ0v) is 15.3. The highest BCUT2D eigenvalue weighted by molar-refractivity contribution is 5.86. The molecule has 0 aliphatic heterocycles. The molecule has 1 atom stereocenters. The van der Waals surface area contributed by atoms with Gasteiger partial charge in [-0.3, -0.25) is 4.79 Å². The summed E-state index contributed by atoms with van der Waals surface area (Å²) in [6.07, 6.45) is 0.986. The molecule has 140 valence electrons. The van der Waals surface area contributed by atoms with E-state index in [0.717, 1.165) is 10.9 Å². The smallest absolute Gasteiger partial charge is 0.339 e. The van der Waals surface area contributed by atoms with Crippen LogP contribution in [0.4, 0.5) is 0 Å². The van der Waals surface area contributed by atoms with Gasteiger partial charge in [0.2, 0.25) is 0 Å². The predicted molar refractivity (Wildman–Crippen MR) is 96.7 cm³/mol. The number of hydrogen-bond donors (Lipinski definition) is 2. The molecule has 1 amide bonds. The Bertz CT molecular complexity index is 899. The average Bonchev–Trinajstić information content (AvgIpc) is 2.59. The molecule has 7 nitrogen and oxygen atoms in total. The van der Waals surface area contributed by atoms with Gasteiger partial charge in [-0.05, 0) is 44.9 Å². The molecule has 0 fully saturated rings. The molecular formula is C19H23NO6. The minimum atomic E-state index is -1.07. The van der Waals surface area contributed by atoms with Crippen LogP contribution in [0, 0.1) is 20.8 Å². The Morgan fingerprint density at radius 1 is 1.19 bits per heavy atom. The van der Waals surface area contributed by atoms with Crippen molar-refractivity contribution >= 4 is 22.8 Å². The zero-order chi connectivity index (χ0) is 19.4. The van der Waals surface area contributed by atoms with Gasteiger partial charge in [0.25, 0.3) is 5.91 Å². The summed E-state index contributed by atoms with van der Waals surface area (Å²) in [5, 5.41) is 12.3. The van der Waals surface area contributed by atoms with Gasteiger partial charge in [-0.25, -0.2) is 9.59 Å². The molecule has 0 aliphatic rings. The van der Waals surface area contributed by atoms with Gasteiger partial charge in [0, 0.05) is 16.5 Å². The van der Waals surface area contributed by atoms with Crippen LogP contribution in [-0.4, -0.2) is 29.6 Å². The van der Waals surface area contributed by atoms with E-state index in [9.17, 15) is 14.4 Å². The third-order valence-corrected chi connectivity index (χ3v) is 4.39. The summed E-state index contributed by atoms with van der Waals surface area (Å²) < 4.78 is 10.9. The van der Waals surface area contributed by atoms with Crippen molar-refractivity contribution < 1.29 is 23.8 Å². The summed E-state index contributed by atoms with van der Waals surface area (Å²) in [6, 6.07) is 2.55. The summed E-state index contributed by atoms with van der Waals surface area (Å²) >= 11 is 0. The van der Waals surface area contributed by atoms with Crippen LogP contribution in [0.5, 0.6) is 5.75 Å². The van der Waals surface area contributed by atoms with Crippen LogP contribution in [-0.2, 0) is 9.59 Å². The molecule has 26 heavy (non-hydrogen) atoms. The molecule has 2 N–H and O–H groups in total. The Balaban J connectivity index is 2.18. The molecule has 0 aliphatic carbocycles. The number of aliphatic carboxylic acids is 1. The molecule has 2 rings (SSSR count). The highest BCUT2D eigenvalue weighted by atomic mass is 16.5. The first-order chi connectivity index (χ1) is 12.3. The lowest BCUT2D eigenvalue weighted by molar-refractivity contribution is -0.142.